The number of Topliss-reactive ketones (excluding diaryl/α,β-unsaturated/α-hetero) is 1. The Morgan fingerprint density at radius 3 is 2.69 bits per heavy atom. The van der Waals surface area contributed by atoms with Gasteiger partial charge in [-0.25, -0.2) is 4.98 Å². The Hall–Kier alpha value is -1.92. The average Bonchev–Trinajstić information content (AvgIpc) is 3.38. The molecule has 0 amide bonds. The number of H-pyrrole nitrogens is 1. The summed E-state index contributed by atoms with van der Waals surface area (Å²) >= 11 is 2.99. The van der Waals surface area contributed by atoms with Gasteiger partial charge in [-0.15, -0.1) is 16.4 Å². The zero-order chi connectivity index (χ0) is 17.8. The van der Waals surface area contributed by atoms with E-state index in [1.165, 1.54) is 49.4 Å². The van der Waals surface area contributed by atoms with E-state index >= 15 is 0 Å². The van der Waals surface area contributed by atoms with Crippen molar-refractivity contribution in [1.29, 1.82) is 0 Å². The van der Waals surface area contributed by atoms with Gasteiger partial charge < -0.3 is 0 Å². The third-order valence-corrected chi connectivity index (χ3v) is 6.58. The van der Waals surface area contributed by atoms with Crippen LogP contribution in [0.3, 0.4) is 0 Å². The number of aromatic nitrogens is 3. The Kier molecular flexibility index (Phi) is 5.51. The summed E-state index contributed by atoms with van der Waals surface area (Å²) in [7, 11) is 0. The van der Waals surface area contributed by atoms with Gasteiger partial charge in [0.2, 0.25) is 5.16 Å². The fraction of sp³-hybridized carbons (Fsp3) is 0.350. The van der Waals surface area contributed by atoms with E-state index in [1.54, 1.807) is 11.3 Å². The first-order chi connectivity index (χ1) is 12.8. The molecule has 2 aromatic heterocycles. The normalized spacial score (nSPS) is 15.2. The Bertz CT molecular complexity index is 850. The molecule has 0 spiro atoms. The highest BCUT2D eigenvalue weighted by atomic mass is 32.2. The van der Waals surface area contributed by atoms with Crippen LogP contribution in [0.4, 0.5) is 0 Å². The number of carbonyl (C=O) groups is 1. The summed E-state index contributed by atoms with van der Waals surface area (Å²) in [4.78, 5) is 18.0. The van der Waals surface area contributed by atoms with Gasteiger partial charge >= 0.3 is 0 Å². The molecule has 6 heteroatoms. The van der Waals surface area contributed by atoms with Gasteiger partial charge in [-0.1, -0.05) is 61.4 Å². The number of aromatic amines is 1. The SMILES string of the molecule is O=C(CSc1n[nH]c(-c2cccs2)n1)c1ccc(C2CCCCC2)cc1. The second kappa shape index (κ2) is 8.18. The molecule has 2 heterocycles. The van der Waals surface area contributed by atoms with Crippen molar-refractivity contribution in [3.8, 4) is 10.7 Å². The minimum Gasteiger partial charge on any atom is -0.293 e. The van der Waals surface area contributed by atoms with E-state index in [4.69, 9.17) is 0 Å². The number of nitrogens with zero attached hydrogens (tertiary/aromatic N) is 2. The molecule has 1 N–H and O–H groups in total. The first-order valence-corrected chi connectivity index (χ1v) is 10.9. The van der Waals surface area contributed by atoms with Crippen molar-refractivity contribution in [2.75, 3.05) is 5.75 Å². The number of hydrogen-bond donors (Lipinski definition) is 1. The van der Waals surface area contributed by atoms with E-state index in [1.807, 2.05) is 29.6 Å². The molecule has 4 nitrogen and oxygen atoms in total. The molecular weight excluding hydrogens is 362 g/mol. The van der Waals surface area contributed by atoms with E-state index in [0.29, 0.717) is 16.8 Å². The number of rotatable bonds is 6. The van der Waals surface area contributed by atoms with E-state index in [9.17, 15) is 4.79 Å². The van der Waals surface area contributed by atoms with Gasteiger partial charge in [0.1, 0.15) is 0 Å². The van der Waals surface area contributed by atoms with Crippen molar-refractivity contribution < 1.29 is 4.79 Å². The third-order valence-electron chi connectivity index (χ3n) is 4.86. The zero-order valence-electron chi connectivity index (χ0n) is 14.5. The van der Waals surface area contributed by atoms with Crippen molar-refractivity contribution >= 4 is 28.9 Å². The van der Waals surface area contributed by atoms with Crippen LogP contribution < -0.4 is 0 Å². The molecule has 0 atom stereocenters. The molecule has 4 rings (SSSR count). The number of ketones is 1. The Morgan fingerprint density at radius 1 is 1.15 bits per heavy atom. The predicted octanol–water partition coefficient (Wildman–Crippen LogP) is 5.56. The molecule has 0 saturated heterocycles. The number of nitrogens with one attached hydrogen (secondary N) is 1. The van der Waals surface area contributed by atoms with Crippen molar-refractivity contribution in [3.63, 3.8) is 0 Å². The van der Waals surface area contributed by atoms with Gasteiger partial charge in [0.15, 0.2) is 11.6 Å². The lowest BCUT2D eigenvalue weighted by Gasteiger charge is -2.22. The summed E-state index contributed by atoms with van der Waals surface area (Å²) in [5, 5.41) is 9.74. The minimum absolute atomic E-state index is 0.118. The average molecular weight is 384 g/mol. The van der Waals surface area contributed by atoms with E-state index in [-0.39, 0.29) is 5.78 Å². The topological polar surface area (TPSA) is 58.6 Å². The lowest BCUT2D eigenvalue weighted by Crippen LogP contribution is -2.06. The number of thiophene rings is 1. The molecule has 134 valence electrons. The van der Waals surface area contributed by atoms with Crippen molar-refractivity contribution in [2.24, 2.45) is 0 Å². The second-order valence-corrected chi connectivity index (χ2v) is 8.50. The fourth-order valence-electron chi connectivity index (χ4n) is 3.42. The first kappa shape index (κ1) is 17.5. The Morgan fingerprint density at radius 2 is 1.96 bits per heavy atom. The van der Waals surface area contributed by atoms with Crippen LogP contribution in [-0.2, 0) is 0 Å². The number of benzene rings is 1. The summed E-state index contributed by atoms with van der Waals surface area (Å²) in [5.41, 5.74) is 2.15. The van der Waals surface area contributed by atoms with Gasteiger partial charge in [-0.2, -0.15) is 0 Å². The van der Waals surface area contributed by atoms with Crippen LogP contribution in [0.5, 0.6) is 0 Å². The van der Waals surface area contributed by atoms with Gasteiger partial charge in [0, 0.05) is 5.56 Å². The predicted molar refractivity (Wildman–Crippen MR) is 107 cm³/mol. The van der Waals surface area contributed by atoms with Crippen LogP contribution in [-0.4, -0.2) is 26.7 Å². The summed E-state index contributed by atoms with van der Waals surface area (Å²) in [6.07, 6.45) is 6.57. The minimum atomic E-state index is 0.118. The Labute approximate surface area is 161 Å². The number of thioether (sulfide) groups is 1. The quantitative estimate of drug-likeness (QED) is 0.447. The molecule has 1 aliphatic carbocycles. The molecule has 26 heavy (non-hydrogen) atoms. The van der Waals surface area contributed by atoms with E-state index in [2.05, 4.69) is 27.3 Å². The van der Waals surface area contributed by atoms with Gasteiger partial charge in [-0.3, -0.25) is 9.89 Å². The number of hydrogen-bond acceptors (Lipinski definition) is 5. The number of carbonyl (C=O) groups excluding carboxylic acids is 1. The lowest BCUT2D eigenvalue weighted by molar-refractivity contribution is 0.102. The summed E-state index contributed by atoms with van der Waals surface area (Å²) in [6.45, 7) is 0. The van der Waals surface area contributed by atoms with Gasteiger partial charge in [-0.05, 0) is 35.8 Å². The van der Waals surface area contributed by atoms with Crippen molar-refractivity contribution in [2.45, 2.75) is 43.2 Å². The maximum Gasteiger partial charge on any atom is 0.209 e. The Balaban J connectivity index is 1.34. The van der Waals surface area contributed by atoms with Gasteiger partial charge in [0.25, 0.3) is 0 Å². The van der Waals surface area contributed by atoms with Crippen LogP contribution in [0.1, 0.15) is 53.9 Å². The molecule has 1 aromatic carbocycles. The molecule has 0 unspecified atom stereocenters. The molecule has 1 saturated carbocycles. The maximum atomic E-state index is 12.5. The largest absolute Gasteiger partial charge is 0.293 e. The molecule has 0 bridgehead atoms. The lowest BCUT2D eigenvalue weighted by atomic mass is 9.84. The molecule has 0 aliphatic heterocycles. The standard InChI is InChI=1S/C20H21N3OS2/c24-17(13-26-20-21-19(22-23-20)18-7-4-12-25-18)16-10-8-15(9-11-16)14-5-2-1-3-6-14/h4,7-12,14H,1-3,5-6,13H2,(H,21,22,23). The molecule has 1 aliphatic rings. The molecular formula is C20H21N3OS2. The summed E-state index contributed by atoms with van der Waals surface area (Å²) < 4.78 is 0. The monoisotopic (exact) mass is 383 g/mol. The highest BCUT2D eigenvalue weighted by Crippen LogP contribution is 2.32. The van der Waals surface area contributed by atoms with Crippen LogP contribution in [0.2, 0.25) is 0 Å². The van der Waals surface area contributed by atoms with E-state index < -0.39 is 0 Å². The maximum absolute atomic E-state index is 12.5. The summed E-state index contributed by atoms with van der Waals surface area (Å²) in [5.74, 6) is 1.90. The van der Waals surface area contributed by atoms with Crippen molar-refractivity contribution in [3.05, 3.63) is 52.9 Å². The highest BCUT2D eigenvalue weighted by Gasteiger charge is 2.16. The highest BCUT2D eigenvalue weighted by molar-refractivity contribution is 7.99. The fourth-order valence-corrected chi connectivity index (χ4v) is 4.78. The summed E-state index contributed by atoms with van der Waals surface area (Å²) in [6, 6.07) is 12.2. The zero-order valence-corrected chi connectivity index (χ0v) is 16.1. The second-order valence-electron chi connectivity index (χ2n) is 6.61. The molecule has 3 aromatic rings. The third kappa shape index (κ3) is 4.07. The molecule has 0 radical (unpaired) electrons. The van der Waals surface area contributed by atoms with Crippen LogP contribution >= 0.6 is 23.1 Å². The van der Waals surface area contributed by atoms with E-state index in [0.717, 1.165) is 16.3 Å². The first-order valence-electron chi connectivity index (χ1n) is 9.02. The van der Waals surface area contributed by atoms with Gasteiger partial charge in [0.05, 0.1) is 10.6 Å². The smallest absolute Gasteiger partial charge is 0.209 e. The van der Waals surface area contributed by atoms with Crippen LogP contribution in [0.15, 0.2) is 46.9 Å². The van der Waals surface area contributed by atoms with Crippen molar-refractivity contribution in [1.82, 2.24) is 15.2 Å². The van der Waals surface area contributed by atoms with Crippen LogP contribution in [0.25, 0.3) is 10.7 Å². The van der Waals surface area contributed by atoms with Crippen LogP contribution in [0, 0.1) is 0 Å². The molecule has 1 fully saturated rings.